The van der Waals surface area contributed by atoms with Gasteiger partial charge in [0.25, 0.3) is 0 Å². The fraction of sp³-hybridized carbons (Fsp3) is 0.222. The van der Waals surface area contributed by atoms with E-state index in [-0.39, 0.29) is 5.78 Å². The number of nitrogens with zero attached hydrogens (tertiary/aromatic N) is 3. The van der Waals surface area contributed by atoms with Crippen LogP contribution in [0, 0.1) is 6.92 Å². The number of aromatic nitrogens is 3. The fourth-order valence-electron chi connectivity index (χ4n) is 2.18. The normalized spacial score (nSPS) is 10.7. The van der Waals surface area contributed by atoms with Crippen molar-refractivity contribution in [3.05, 3.63) is 42.1 Å². The third-order valence-electron chi connectivity index (χ3n) is 3.43. The van der Waals surface area contributed by atoms with Gasteiger partial charge in [-0.05, 0) is 50.2 Å². The molecule has 5 nitrogen and oxygen atoms in total. The van der Waals surface area contributed by atoms with Crippen LogP contribution in [-0.2, 0) is 4.79 Å². The molecule has 1 aromatic carbocycles. The Bertz CT molecular complexity index is 874. The minimum Gasteiger partial charge on any atom is -0.497 e. The predicted molar refractivity (Wildman–Crippen MR) is 101 cm³/mol. The van der Waals surface area contributed by atoms with Gasteiger partial charge in [0.1, 0.15) is 27.3 Å². The number of methoxy groups -OCH3 is 1. The monoisotopic (exact) mass is 371 g/mol. The van der Waals surface area contributed by atoms with Crippen molar-refractivity contribution in [2.24, 2.45) is 0 Å². The molecule has 2 heterocycles. The first-order valence-corrected chi connectivity index (χ1v) is 9.45. The van der Waals surface area contributed by atoms with Gasteiger partial charge < -0.3 is 4.74 Å². The smallest absolute Gasteiger partial charge is 0.140 e. The van der Waals surface area contributed by atoms with Gasteiger partial charge in [-0.1, -0.05) is 11.8 Å². The minimum absolute atomic E-state index is 0.123. The molecule has 2 aromatic heterocycles. The average molecular weight is 371 g/mol. The highest BCUT2D eigenvalue weighted by Gasteiger charge is 2.13. The van der Waals surface area contributed by atoms with Gasteiger partial charge in [-0.3, -0.25) is 4.79 Å². The molecule has 128 valence electrons. The number of rotatable bonds is 6. The second-order valence-electron chi connectivity index (χ2n) is 5.41. The minimum atomic E-state index is 0.123. The summed E-state index contributed by atoms with van der Waals surface area (Å²) < 4.78 is 5.19. The summed E-state index contributed by atoms with van der Waals surface area (Å²) in [5.74, 6) is 1.36. The second kappa shape index (κ2) is 7.76. The molecule has 3 rings (SSSR count). The van der Waals surface area contributed by atoms with Crippen LogP contribution in [0.2, 0.25) is 0 Å². The van der Waals surface area contributed by atoms with Gasteiger partial charge >= 0.3 is 0 Å². The quantitative estimate of drug-likeness (QED) is 0.603. The molecule has 0 spiro atoms. The van der Waals surface area contributed by atoms with Gasteiger partial charge in [0.2, 0.25) is 0 Å². The number of hydrogen-bond acceptors (Lipinski definition) is 7. The number of ether oxygens (including phenoxy) is 1. The number of benzene rings is 1. The summed E-state index contributed by atoms with van der Waals surface area (Å²) in [6.45, 7) is 3.54. The topological polar surface area (TPSA) is 65.0 Å². The van der Waals surface area contributed by atoms with E-state index in [4.69, 9.17) is 4.74 Å². The molecule has 3 aromatic rings. The molecule has 7 heteroatoms. The van der Waals surface area contributed by atoms with Gasteiger partial charge in [0.05, 0.1) is 23.4 Å². The molecular weight excluding hydrogens is 354 g/mol. The van der Waals surface area contributed by atoms with Gasteiger partial charge in [-0.25, -0.2) is 4.98 Å². The zero-order valence-corrected chi connectivity index (χ0v) is 15.8. The zero-order valence-electron chi connectivity index (χ0n) is 14.1. The summed E-state index contributed by atoms with van der Waals surface area (Å²) in [5.41, 5.74) is 2.76. The zero-order chi connectivity index (χ0) is 17.8. The molecule has 0 bridgehead atoms. The summed E-state index contributed by atoms with van der Waals surface area (Å²) in [6.07, 6.45) is 0. The van der Waals surface area contributed by atoms with Crippen molar-refractivity contribution in [3.63, 3.8) is 0 Å². The molecular formula is C18H17N3O2S2. The van der Waals surface area contributed by atoms with Crippen LogP contribution in [0.1, 0.15) is 12.6 Å². The fourth-order valence-corrected chi connectivity index (χ4v) is 3.84. The summed E-state index contributed by atoms with van der Waals surface area (Å²) in [6, 6.07) is 11.7. The first kappa shape index (κ1) is 17.6. The van der Waals surface area contributed by atoms with E-state index < -0.39 is 0 Å². The van der Waals surface area contributed by atoms with Crippen LogP contribution in [0.4, 0.5) is 0 Å². The Hall–Kier alpha value is -2.25. The molecule has 0 aliphatic rings. The Morgan fingerprint density at radius 1 is 1.16 bits per heavy atom. The van der Waals surface area contributed by atoms with Crippen molar-refractivity contribution in [1.82, 2.24) is 15.2 Å². The first-order chi connectivity index (χ1) is 12.1. The van der Waals surface area contributed by atoms with Gasteiger partial charge in [0.15, 0.2) is 0 Å². The Kier molecular flexibility index (Phi) is 5.45. The summed E-state index contributed by atoms with van der Waals surface area (Å²) in [7, 11) is 1.65. The highest BCUT2D eigenvalue weighted by atomic mass is 32.2. The van der Waals surface area contributed by atoms with E-state index in [1.165, 1.54) is 11.8 Å². The molecule has 0 aliphatic carbocycles. The molecule has 0 fully saturated rings. The van der Waals surface area contributed by atoms with Gasteiger partial charge in [0, 0.05) is 5.56 Å². The summed E-state index contributed by atoms with van der Waals surface area (Å²) >= 11 is 2.98. The van der Waals surface area contributed by atoms with Crippen LogP contribution in [0.25, 0.3) is 21.1 Å². The molecule has 25 heavy (non-hydrogen) atoms. The van der Waals surface area contributed by atoms with Gasteiger partial charge in [-0.15, -0.1) is 21.5 Å². The van der Waals surface area contributed by atoms with Crippen molar-refractivity contribution in [2.45, 2.75) is 18.9 Å². The highest BCUT2D eigenvalue weighted by molar-refractivity contribution is 7.99. The van der Waals surface area contributed by atoms with E-state index in [1.807, 2.05) is 43.3 Å². The van der Waals surface area contributed by atoms with Crippen LogP contribution >= 0.6 is 23.1 Å². The molecule has 0 unspecified atom stereocenters. The Labute approximate surface area is 154 Å². The Morgan fingerprint density at radius 3 is 2.52 bits per heavy atom. The van der Waals surface area contributed by atoms with Crippen molar-refractivity contribution >= 4 is 28.9 Å². The van der Waals surface area contributed by atoms with Crippen LogP contribution < -0.4 is 4.74 Å². The lowest BCUT2D eigenvalue weighted by Gasteiger charge is -2.00. The van der Waals surface area contributed by atoms with E-state index >= 15 is 0 Å². The number of hydrogen-bond donors (Lipinski definition) is 0. The van der Waals surface area contributed by atoms with Crippen molar-refractivity contribution in [1.29, 1.82) is 0 Å². The van der Waals surface area contributed by atoms with Crippen LogP contribution in [0.15, 0.2) is 41.4 Å². The number of aryl methyl sites for hydroxylation is 1. The third-order valence-corrected chi connectivity index (χ3v) is 5.72. The van der Waals surface area contributed by atoms with Crippen LogP contribution in [0.5, 0.6) is 5.75 Å². The Morgan fingerprint density at radius 2 is 1.92 bits per heavy atom. The number of thioether (sulfide) groups is 1. The largest absolute Gasteiger partial charge is 0.497 e. The lowest BCUT2D eigenvalue weighted by atomic mass is 10.2. The lowest BCUT2D eigenvalue weighted by molar-refractivity contribution is -0.114. The van der Waals surface area contributed by atoms with Crippen molar-refractivity contribution in [2.75, 3.05) is 12.9 Å². The van der Waals surface area contributed by atoms with E-state index in [0.717, 1.165) is 37.6 Å². The van der Waals surface area contributed by atoms with Crippen LogP contribution in [0.3, 0.4) is 0 Å². The Balaban J connectivity index is 1.83. The molecule has 0 aliphatic heterocycles. The average Bonchev–Trinajstić information content (AvgIpc) is 3.02. The van der Waals surface area contributed by atoms with E-state index in [2.05, 4.69) is 15.2 Å². The first-order valence-electron chi connectivity index (χ1n) is 7.65. The highest BCUT2D eigenvalue weighted by Crippen LogP contribution is 2.34. The van der Waals surface area contributed by atoms with E-state index in [1.54, 1.807) is 25.4 Å². The van der Waals surface area contributed by atoms with Crippen molar-refractivity contribution < 1.29 is 9.53 Å². The SMILES string of the molecule is COc1ccc(-c2nc(C)c(-c3ccc(SCC(C)=O)nn3)s2)cc1. The molecule has 0 radical (unpaired) electrons. The molecule has 0 saturated heterocycles. The number of Topliss-reactive ketones (excluding diaryl/α,β-unsaturated/α-hetero) is 1. The molecule has 0 amide bonds. The maximum absolute atomic E-state index is 11.0. The standard InChI is InChI=1S/C18H17N3O2S2/c1-11(22)10-24-16-9-8-15(20-21-16)17-12(2)19-18(25-17)13-4-6-14(23-3)7-5-13/h4-9H,10H2,1-3H3. The number of carbonyl (C=O) groups is 1. The maximum atomic E-state index is 11.0. The third kappa shape index (κ3) is 4.24. The second-order valence-corrected chi connectivity index (χ2v) is 7.40. The maximum Gasteiger partial charge on any atom is 0.140 e. The number of ketones is 1. The number of thiazole rings is 1. The molecule has 0 saturated carbocycles. The van der Waals surface area contributed by atoms with Crippen LogP contribution in [-0.4, -0.2) is 33.8 Å². The van der Waals surface area contributed by atoms with E-state index in [0.29, 0.717) is 5.75 Å². The van der Waals surface area contributed by atoms with Gasteiger partial charge in [-0.2, -0.15) is 0 Å². The summed E-state index contributed by atoms with van der Waals surface area (Å²) in [5, 5.41) is 10.2. The molecule has 0 atom stereocenters. The lowest BCUT2D eigenvalue weighted by Crippen LogP contribution is -1.95. The number of carbonyl (C=O) groups excluding carboxylic acids is 1. The summed E-state index contributed by atoms with van der Waals surface area (Å²) in [4.78, 5) is 16.7. The molecule has 0 N–H and O–H groups in total. The van der Waals surface area contributed by atoms with E-state index in [9.17, 15) is 4.79 Å². The van der Waals surface area contributed by atoms with Crippen molar-refractivity contribution in [3.8, 4) is 26.9 Å². The predicted octanol–water partition coefficient (Wildman–Crippen LogP) is 4.27.